The number of aliphatic hydroxyl groups excluding tert-OH is 1. The molecular formula is C11H13F3O2. The third-order valence-corrected chi connectivity index (χ3v) is 2.03. The Hall–Kier alpha value is -1.23. The van der Waals surface area contributed by atoms with Gasteiger partial charge in [-0.05, 0) is 13.0 Å². The fourth-order valence-corrected chi connectivity index (χ4v) is 1.25. The molecule has 0 aromatic heterocycles. The van der Waals surface area contributed by atoms with Gasteiger partial charge in [-0.2, -0.15) is 13.2 Å². The summed E-state index contributed by atoms with van der Waals surface area (Å²) in [6.45, 7) is 1.15. The largest absolute Gasteiger partial charge is 0.493 e. The Balaban J connectivity index is 2.60. The van der Waals surface area contributed by atoms with Crippen LogP contribution in [0.25, 0.3) is 0 Å². The normalized spacial score (nSPS) is 11.6. The number of alkyl halides is 3. The quantitative estimate of drug-likeness (QED) is 0.868. The van der Waals surface area contributed by atoms with Crippen molar-refractivity contribution in [1.29, 1.82) is 0 Å². The standard InChI is InChI=1S/C11H13F3O2/c1-8-2-3-10(9(6-8)7-15)16-5-4-11(12,13)14/h2-3,6,15H,4-5,7H2,1H3. The number of hydrogen-bond donors (Lipinski definition) is 1. The number of halogens is 3. The highest BCUT2D eigenvalue weighted by Crippen LogP contribution is 2.23. The Kier molecular flexibility index (Phi) is 4.18. The lowest BCUT2D eigenvalue weighted by molar-refractivity contribution is -0.139. The molecule has 0 saturated carbocycles. The lowest BCUT2D eigenvalue weighted by Gasteiger charge is -2.12. The lowest BCUT2D eigenvalue weighted by Crippen LogP contribution is -2.13. The summed E-state index contributed by atoms with van der Waals surface area (Å²) in [4.78, 5) is 0. The van der Waals surface area contributed by atoms with Gasteiger partial charge in [0.1, 0.15) is 5.75 Å². The number of hydrogen-bond acceptors (Lipinski definition) is 2. The summed E-state index contributed by atoms with van der Waals surface area (Å²) in [5, 5.41) is 9.00. The lowest BCUT2D eigenvalue weighted by atomic mass is 10.1. The first-order valence-corrected chi connectivity index (χ1v) is 4.82. The third-order valence-electron chi connectivity index (χ3n) is 2.03. The summed E-state index contributed by atoms with van der Waals surface area (Å²) in [7, 11) is 0. The Labute approximate surface area is 91.7 Å². The third kappa shape index (κ3) is 4.10. The van der Waals surface area contributed by atoms with Gasteiger partial charge in [-0.3, -0.25) is 0 Å². The zero-order valence-electron chi connectivity index (χ0n) is 8.84. The van der Waals surface area contributed by atoms with E-state index in [1.165, 1.54) is 0 Å². The summed E-state index contributed by atoms with van der Waals surface area (Å²) in [6.07, 6.45) is -5.21. The monoisotopic (exact) mass is 234 g/mol. The highest BCUT2D eigenvalue weighted by molar-refractivity contribution is 5.36. The molecule has 1 rings (SSSR count). The first kappa shape index (κ1) is 12.8. The zero-order valence-corrected chi connectivity index (χ0v) is 8.84. The molecule has 0 amide bonds. The van der Waals surface area contributed by atoms with E-state index in [1.54, 1.807) is 18.2 Å². The van der Waals surface area contributed by atoms with E-state index < -0.39 is 19.2 Å². The van der Waals surface area contributed by atoms with Crippen molar-refractivity contribution in [1.82, 2.24) is 0 Å². The number of ether oxygens (including phenoxy) is 1. The minimum Gasteiger partial charge on any atom is -0.493 e. The Bertz CT molecular complexity index is 348. The Morgan fingerprint density at radius 2 is 2.00 bits per heavy atom. The highest BCUT2D eigenvalue weighted by Gasteiger charge is 2.26. The fraction of sp³-hybridized carbons (Fsp3) is 0.455. The van der Waals surface area contributed by atoms with Gasteiger partial charge in [0, 0.05) is 5.56 Å². The molecule has 0 fully saturated rings. The van der Waals surface area contributed by atoms with Crippen LogP contribution >= 0.6 is 0 Å². The van der Waals surface area contributed by atoms with Gasteiger partial charge in [-0.1, -0.05) is 17.7 Å². The van der Waals surface area contributed by atoms with Crippen LogP contribution < -0.4 is 4.74 Å². The average Bonchev–Trinajstić information content (AvgIpc) is 2.18. The van der Waals surface area contributed by atoms with E-state index in [0.29, 0.717) is 11.3 Å². The maximum atomic E-state index is 11.9. The second kappa shape index (κ2) is 5.21. The molecule has 0 aliphatic carbocycles. The molecule has 2 nitrogen and oxygen atoms in total. The number of aryl methyl sites for hydroxylation is 1. The summed E-state index contributed by atoms with van der Waals surface area (Å²) in [5.74, 6) is 0.303. The van der Waals surface area contributed by atoms with Crippen molar-refractivity contribution in [2.24, 2.45) is 0 Å². The number of rotatable bonds is 4. The fourth-order valence-electron chi connectivity index (χ4n) is 1.25. The topological polar surface area (TPSA) is 29.5 Å². The minimum absolute atomic E-state index is 0.247. The van der Waals surface area contributed by atoms with Crippen LogP contribution in [0.2, 0.25) is 0 Å². The number of benzene rings is 1. The first-order chi connectivity index (χ1) is 7.42. The van der Waals surface area contributed by atoms with Gasteiger partial charge in [0.2, 0.25) is 0 Å². The van der Waals surface area contributed by atoms with Crippen LogP contribution in [-0.4, -0.2) is 17.9 Å². The van der Waals surface area contributed by atoms with Gasteiger partial charge in [0.05, 0.1) is 19.6 Å². The van der Waals surface area contributed by atoms with Crippen LogP contribution in [0.5, 0.6) is 5.75 Å². The molecule has 0 unspecified atom stereocenters. The van der Waals surface area contributed by atoms with E-state index in [0.717, 1.165) is 5.56 Å². The molecule has 1 aromatic rings. The molecule has 0 aliphatic heterocycles. The van der Waals surface area contributed by atoms with Crippen molar-refractivity contribution in [3.05, 3.63) is 29.3 Å². The molecule has 90 valence electrons. The molecule has 5 heteroatoms. The van der Waals surface area contributed by atoms with Crippen molar-refractivity contribution < 1.29 is 23.0 Å². The summed E-state index contributed by atoms with van der Waals surface area (Å²) in [6, 6.07) is 4.97. The Morgan fingerprint density at radius 1 is 1.31 bits per heavy atom. The van der Waals surface area contributed by atoms with Gasteiger partial charge in [0.25, 0.3) is 0 Å². The maximum Gasteiger partial charge on any atom is 0.392 e. The number of aliphatic hydroxyl groups is 1. The SMILES string of the molecule is Cc1ccc(OCCC(F)(F)F)c(CO)c1. The predicted molar refractivity (Wildman–Crippen MR) is 53.3 cm³/mol. The summed E-state index contributed by atoms with van der Waals surface area (Å²) < 4.78 is 40.6. The molecule has 0 saturated heterocycles. The molecule has 0 atom stereocenters. The molecule has 0 radical (unpaired) electrons. The smallest absolute Gasteiger partial charge is 0.392 e. The van der Waals surface area contributed by atoms with Crippen LogP contribution in [0.4, 0.5) is 13.2 Å². The van der Waals surface area contributed by atoms with E-state index in [1.807, 2.05) is 6.92 Å². The van der Waals surface area contributed by atoms with Crippen LogP contribution in [0.3, 0.4) is 0 Å². The van der Waals surface area contributed by atoms with E-state index >= 15 is 0 Å². The second-order valence-electron chi connectivity index (χ2n) is 3.48. The van der Waals surface area contributed by atoms with Gasteiger partial charge in [-0.25, -0.2) is 0 Å². The van der Waals surface area contributed by atoms with Gasteiger partial charge in [-0.15, -0.1) is 0 Å². The van der Waals surface area contributed by atoms with Crippen molar-refractivity contribution in [2.75, 3.05) is 6.61 Å². The molecular weight excluding hydrogens is 221 g/mol. The Morgan fingerprint density at radius 3 is 2.56 bits per heavy atom. The van der Waals surface area contributed by atoms with Crippen molar-refractivity contribution in [3.8, 4) is 5.75 Å². The molecule has 0 bridgehead atoms. The van der Waals surface area contributed by atoms with Crippen LogP contribution in [0.1, 0.15) is 17.5 Å². The molecule has 0 heterocycles. The minimum atomic E-state index is -4.22. The molecule has 1 aromatic carbocycles. The van der Waals surface area contributed by atoms with Gasteiger partial charge < -0.3 is 9.84 Å². The van der Waals surface area contributed by atoms with E-state index in [9.17, 15) is 13.2 Å². The molecule has 16 heavy (non-hydrogen) atoms. The highest BCUT2D eigenvalue weighted by atomic mass is 19.4. The van der Waals surface area contributed by atoms with Gasteiger partial charge in [0.15, 0.2) is 0 Å². The van der Waals surface area contributed by atoms with Crippen molar-refractivity contribution in [3.63, 3.8) is 0 Å². The van der Waals surface area contributed by atoms with Gasteiger partial charge >= 0.3 is 6.18 Å². The van der Waals surface area contributed by atoms with Crippen molar-refractivity contribution >= 4 is 0 Å². The predicted octanol–water partition coefficient (Wildman–Crippen LogP) is 2.82. The van der Waals surface area contributed by atoms with Crippen LogP contribution in [-0.2, 0) is 6.61 Å². The maximum absolute atomic E-state index is 11.9. The molecule has 0 spiro atoms. The van der Waals surface area contributed by atoms with Crippen molar-refractivity contribution in [2.45, 2.75) is 26.1 Å². The molecule has 1 N–H and O–H groups in total. The van der Waals surface area contributed by atoms with E-state index in [2.05, 4.69) is 0 Å². The van der Waals surface area contributed by atoms with Crippen LogP contribution in [0.15, 0.2) is 18.2 Å². The first-order valence-electron chi connectivity index (χ1n) is 4.82. The zero-order chi connectivity index (χ0) is 12.2. The molecule has 0 aliphatic rings. The van der Waals surface area contributed by atoms with Crippen LogP contribution in [0, 0.1) is 6.92 Å². The summed E-state index contributed by atoms with van der Waals surface area (Å²) in [5.41, 5.74) is 1.43. The van der Waals surface area contributed by atoms with E-state index in [4.69, 9.17) is 9.84 Å². The second-order valence-corrected chi connectivity index (χ2v) is 3.48. The average molecular weight is 234 g/mol. The van der Waals surface area contributed by atoms with E-state index in [-0.39, 0.29) is 6.61 Å². The summed E-state index contributed by atoms with van der Waals surface area (Å²) >= 11 is 0.